The molecular weight excluding hydrogens is 297 g/mol. The molecular formula is C15H13F3N2O2. The van der Waals surface area contributed by atoms with E-state index < -0.39 is 11.7 Å². The lowest BCUT2D eigenvalue weighted by Crippen LogP contribution is -2.28. The molecule has 0 saturated heterocycles. The van der Waals surface area contributed by atoms with Gasteiger partial charge in [0.25, 0.3) is 5.91 Å². The Morgan fingerprint density at radius 1 is 1.18 bits per heavy atom. The molecule has 0 spiro atoms. The highest BCUT2D eigenvalue weighted by Crippen LogP contribution is 2.30. The second-order valence-corrected chi connectivity index (χ2v) is 4.37. The van der Waals surface area contributed by atoms with Gasteiger partial charge in [0.15, 0.2) is 0 Å². The Hall–Kier alpha value is -2.57. The van der Waals surface area contributed by atoms with Crippen LogP contribution in [0.15, 0.2) is 48.8 Å². The number of hydrogen-bond acceptors (Lipinski definition) is 3. The highest BCUT2D eigenvalue weighted by Gasteiger charge is 2.29. The minimum atomic E-state index is -4.36. The number of amides is 1. The van der Waals surface area contributed by atoms with E-state index in [-0.39, 0.29) is 19.1 Å². The number of aromatic nitrogens is 1. The average molecular weight is 310 g/mol. The maximum absolute atomic E-state index is 12.4. The maximum Gasteiger partial charge on any atom is 0.416 e. The van der Waals surface area contributed by atoms with E-state index in [4.69, 9.17) is 4.74 Å². The van der Waals surface area contributed by atoms with E-state index in [9.17, 15) is 18.0 Å². The lowest BCUT2D eigenvalue weighted by atomic mass is 10.2. The maximum atomic E-state index is 12.4. The third-order valence-electron chi connectivity index (χ3n) is 2.76. The van der Waals surface area contributed by atoms with E-state index in [0.717, 1.165) is 12.1 Å². The van der Waals surface area contributed by atoms with E-state index in [1.807, 2.05) is 0 Å². The van der Waals surface area contributed by atoms with Gasteiger partial charge >= 0.3 is 6.18 Å². The van der Waals surface area contributed by atoms with Crippen molar-refractivity contribution in [3.63, 3.8) is 0 Å². The zero-order valence-corrected chi connectivity index (χ0v) is 11.4. The van der Waals surface area contributed by atoms with Gasteiger partial charge in [0.2, 0.25) is 0 Å². The van der Waals surface area contributed by atoms with Gasteiger partial charge in [-0.1, -0.05) is 0 Å². The van der Waals surface area contributed by atoms with Crippen LogP contribution in [0.25, 0.3) is 0 Å². The summed E-state index contributed by atoms with van der Waals surface area (Å²) in [6.45, 7) is 0.381. The van der Waals surface area contributed by atoms with Crippen molar-refractivity contribution in [1.29, 1.82) is 0 Å². The lowest BCUT2D eigenvalue weighted by Gasteiger charge is -2.09. The first-order valence-electron chi connectivity index (χ1n) is 6.45. The van der Waals surface area contributed by atoms with Gasteiger partial charge in [-0.3, -0.25) is 9.78 Å². The fourth-order valence-electron chi connectivity index (χ4n) is 1.67. The molecule has 7 heteroatoms. The number of nitrogens with one attached hydrogen (secondary N) is 1. The summed E-state index contributed by atoms with van der Waals surface area (Å²) < 4.78 is 42.4. The number of hydrogen-bond donors (Lipinski definition) is 1. The Kier molecular flexibility index (Phi) is 4.98. The first kappa shape index (κ1) is 15.8. The van der Waals surface area contributed by atoms with Crippen molar-refractivity contribution in [2.45, 2.75) is 6.18 Å². The SMILES string of the molecule is O=C(NCCOc1ccc(C(F)(F)F)cc1)c1cccnc1. The van der Waals surface area contributed by atoms with Crippen LogP contribution < -0.4 is 10.1 Å². The van der Waals surface area contributed by atoms with E-state index in [1.165, 1.54) is 18.3 Å². The van der Waals surface area contributed by atoms with E-state index in [1.54, 1.807) is 18.3 Å². The van der Waals surface area contributed by atoms with E-state index in [2.05, 4.69) is 10.3 Å². The number of pyridine rings is 1. The summed E-state index contributed by atoms with van der Waals surface area (Å²) in [5.41, 5.74) is -0.304. The van der Waals surface area contributed by atoms with Gasteiger partial charge in [0.05, 0.1) is 17.7 Å². The minimum absolute atomic E-state index is 0.150. The fourth-order valence-corrected chi connectivity index (χ4v) is 1.67. The summed E-state index contributed by atoms with van der Waals surface area (Å²) in [6, 6.07) is 7.65. The zero-order valence-electron chi connectivity index (χ0n) is 11.4. The molecule has 0 unspecified atom stereocenters. The molecule has 22 heavy (non-hydrogen) atoms. The molecule has 2 aromatic rings. The molecule has 1 aromatic carbocycles. The molecule has 116 valence electrons. The van der Waals surface area contributed by atoms with Gasteiger partial charge < -0.3 is 10.1 Å². The van der Waals surface area contributed by atoms with Gasteiger partial charge in [0.1, 0.15) is 12.4 Å². The molecule has 1 heterocycles. The summed E-state index contributed by atoms with van der Waals surface area (Å²) in [6.07, 6.45) is -1.37. The summed E-state index contributed by atoms with van der Waals surface area (Å²) >= 11 is 0. The van der Waals surface area contributed by atoms with Crippen LogP contribution in [0, 0.1) is 0 Å². The Morgan fingerprint density at radius 3 is 2.50 bits per heavy atom. The van der Waals surface area contributed by atoms with Crippen LogP contribution in [-0.4, -0.2) is 24.0 Å². The quantitative estimate of drug-likeness (QED) is 0.864. The fraction of sp³-hybridized carbons (Fsp3) is 0.200. The van der Waals surface area contributed by atoms with Crippen LogP contribution in [0.2, 0.25) is 0 Å². The highest BCUT2D eigenvalue weighted by atomic mass is 19.4. The minimum Gasteiger partial charge on any atom is -0.492 e. The molecule has 0 bridgehead atoms. The monoisotopic (exact) mass is 310 g/mol. The molecule has 0 radical (unpaired) electrons. The lowest BCUT2D eigenvalue weighted by molar-refractivity contribution is -0.137. The Morgan fingerprint density at radius 2 is 1.91 bits per heavy atom. The van der Waals surface area contributed by atoms with Crippen LogP contribution >= 0.6 is 0 Å². The van der Waals surface area contributed by atoms with Gasteiger partial charge in [0, 0.05) is 12.4 Å². The number of benzene rings is 1. The molecule has 1 aromatic heterocycles. The van der Waals surface area contributed by atoms with Gasteiger partial charge in [-0.25, -0.2) is 0 Å². The smallest absolute Gasteiger partial charge is 0.416 e. The van der Waals surface area contributed by atoms with Crippen molar-refractivity contribution >= 4 is 5.91 Å². The van der Waals surface area contributed by atoms with Gasteiger partial charge in [-0.15, -0.1) is 0 Å². The van der Waals surface area contributed by atoms with Crippen LogP contribution in [0.4, 0.5) is 13.2 Å². The molecule has 0 aliphatic carbocycles. The molecule has 4 nitrogen and oxygen atoms in total. The highest BCUT2D eigenvalue weighted by molar-refractivity contribution is 5.93. The molecule has 0 fully saturated rings. The van der Waals surface area contributed by atoms with Crippen molar-refractivity contribution in [2.24, 2.45) is 0 Å². The van der Waals surface area contributed by atoms with Crippen molar-refractivity contribution in [1.82, 2.24) is 10.3 Å². The van der Waals surface area contributed by atoms with Gasteiger partial charge in [-0.05, 0) is 36.4 Å². The van der Waals surface area contributed by atoms with E-state index in [0.29, 0.717) is 11.3 Å². The standard InChI is InChI=1S/C15H13F3N2O2/c16-15(17,18)12-3-5-13(6-4-12)22-9-8-20-14(21)11-2-1-7-19-10-11/h1-7,10H,8-9H2,(H,20,21). The normalized spacial score (nSPS) is 11.0. The molecule has 0 atom stereocenters. The molecule has 0 saturated carbocycles. The van der Waals surface area contributed by atoms with Crippen LogP contribution in [0.1, 0.15) is 15.9 Å². The van der Waals surface area contributed by atoms with Crippen LogP contribution in [-0.2, 0) is 6.18 Å². The number of alkyl halides is 3. The summed E-state index contributed by atoms with van der Waals surface area (Å²) in [5.74, 6) is 0.0211. The van der Waals surface area contributed by atoms with Crippen LogP contribution in [0.5, 0.6) is 5.75 Å². The number of carbonyl (C=O) groups is 1. The molecule has 1 amide bonds. The third-order valence-corrected chi connectivity index (χ3v) is 2.76. The first-order valence-corrected chi connectivity index (χ1v) is 6.45. The average Bonchev–Trinajstić information content (AvgIpc) is 2.52. The molecule has 0 aliphatic rings. The predicted octanol–water partition coefficient (Wildman–Crippen LogP) is 2.91. The van der Waals surface area contributed by atoms with Crippen molar-refractivity contribution in [2.75, 3.05) is 13.2 Å². The second kappa shape index (κ2) is 6.93. The van der Waals surface area contributed by atoms with E-state index >= 15 is 0 Å². The second-order valence-electron chi connectivity index (χ2n) is 4.37. The number of rotatable bonds is 5. The number of ether oxygens (including phenoxy) is 1. The topological polar surface area (TPSA) is 51.2 Å². The van der Waals surface area contributed by atoms with Crippen LogP contribution in [0.3, 0.4) is 0 Å². The summed E-state index contributed by atoms with van der Waals surface area (Å²) in [4.78, 5) is 15.5. The zero-order chi connectivity index (χ0) is 16.0. The van der Waals surface area contributed by atoms with Gasteiger partial charge in [-0.2, -0.15) is 13.2 Å². The third kappa shape index (κ3) is 4.47. The van der Waals surface area contributed by atoms with Crippen molar-refractivity contribution in [3.05, 3.63) is 59.9 Å². The number of halogens is 3. The Balaban J connectivity index is 1.76. The van der Waals surface area contributed by atoms with Crippen molar-refractivity contribution in [3.8, 4) is 5.75 Å². The number of carbonyl (C=O) groups excluding carboxylic acids is 1. The number of nitrogens with zero attached hydrogens (tertiary/aromatic N) is 1. The largest absolute Gasteiger partial charge is 0.492 e. The summed E-state index contributed by atoms with van der Waals surface area (Å²) in [7, 11) is 0. The predicted molar refractivity (Wildman–Crippen MR) is 73.5 cm³/mol. The molecule has 1 N–H and O–H groups in total. The molecule has 2 rings (SSSR count). The summed E-state index contributed by atoms with van der Waals surface area (Å²) in [5, 5.41) is 2.62. The Labute approximate surface area is 124 Å². The molecule has 0 aliphatic heterocycles. The first-order chi connectivity index (χ1) is 10.5. The van der Waals surface area contributed by atoms with Crippen molar-refractivity contribution < 1.29 is 22.7 Å². The Bertz CT molecular complexity index is 613.